The summed E-state index contributed by atoms with van der Waals surface area (Å²) in [6.45, 7) is 5.08. The first-order valence-electron chi connectivity index (χ1n) is 12.8. The number of carbonyl (C=O) groups excluding carboxylic acids is 3. The van der Waals surface area contributed by atoms with Gasteiger partial charge in [-0.25, -0.2) is 8.42 Å². The SMILES string of the molecule is CCNC(=O)[C@@H](Cc1ccccc1)N(Cc1ccccc1C)C(=O)CN(c1cccc(C(C)=O)c1)S(C)(=O)=O. The molecule has 0 aliphatic rings. The molecule has 3 rings (SSSR count). The van der Waals surface area contributed by atoms with Gasteiger partial charge in [0, 0.05) is 25.1 Å². The maximum atomic E-state index is 14.0. The predicted octanol–water partition coefficient (Wildman–Crippen LogP) is 3.74. The van der Waals surface area contributed by atoms with Crippen LogP contribution < -0.4 is 9.62 Å². The zero-order chi connectivity index (χ0) is 28.6. The maximum Gasteiger partial charge on any atom is 0.244 e. The van der Waals surface area contributed by atoms with E-state index >= 15 is 0 Å². The van der Waals surface area contributed by atoms with Crippen molar-refractivity contribution in [1.82, 2.24) is 10.2 Å². The van der Waals surface area contributed by atoms with E-state index in [9.17, 15) is 22.8 Å². The average Bonchev–Trinajstić information content (AvgIpc) is 2.90. The summed E-state index contributed by atoms with van der Waals surface area (Å²) in [5.41, 5.74) is 3.18. The van der Waals surface area contributed by atoms with Crippen LogP contribution in [0.5, 0.6) is 0 Å². The number of rotatable bonds is 12. The summed E-state index contributed by atoms with van der Waals surface area (Å²) in [5, 5.41) is 2.83. The number of sulfonamides is 1. The summed E-state index contributed by atoms with van der Waals surface area (Å²) in [4.78, 5) is 40.8. The molecule has 39 heavy (non-hydrogen) atoms. The number of hydrogen-bond acceptors (Lipinski definition) is 5. The third-order valence-corrected chi connectivity index (χ3v) is 7.58. The van der Waals surface area contributed by atoms with Crippen molar-refractivity contribution in [2.75, 3.05) is 23.7 Å². The predicted molar refractivity (Wildman–Crippen MR) is 153 cm³/mol. The highest BCUT2D eigenvalue weighted by Gasteiger charge is 2.33. The number of benzene rings is 3. The Morgan fingerprint density at radius 3 is 2.21 bits per heavy atom. The normalized spacial score (nSPS) is 11.9. The number of amides is 2. The van der Waals surface area contributed by atoms with Crippen LogP contribution in [0, 0.1) is 6.92 Å². The Morgan fingerprint density at radius 1 is 0.923 bits per heavy atom. The third-order valence-electron chi connectivity index (χ3n) is 6.44. The van der Waals surface area contributed by atoms with Crippen molar-refractivity contribution in [3.63, 3.8) is 0 Å². The molecule has 0 aromatic heterocycles. The largest absolute Gasteiger partial charge is 0.355 e. The number of aryl methyl sites for hydroxylation is 1. The van der Waals surface area contributed by atoms with Crippen LogP contribution in [0.1, 0.15) is 40.9 Å². The lowest BCUT2D eigenvalue weighted by Crippen LogP contribution is -2.53. The first-order valence-corrected chi connectivity index (χ1v) is 14.6. The first kappa shape index (κ1) is 29.6. The highest BCUT2D eigenvalue weighted by atomic mass is 32.2. The van der Waals surface area contributed by atoms with Crippen LogP contribution in [0.4, 0.5) is 5.69 Å². The van der Waals surface area contributed by atoms with Crippen LogP contribution in [-0.4, -0.2) is 56.3 Å². The van der Waals surface area contributed by atoms with E-state index in [1.165, 1.54) is 24.0 Å². The lowest BCUT2D eigenvalue weighted by molar-refractivity contribution is -0.140. The molecule has 206 valence electrons. The number of nitrogens with zero attached hydrogens (tertiary/aromatic N) is 2. The molecular formula is C30H35N3O5S. The number of ketones is 1. The molecule has 2 amide bonds. The molecule has 0 radical (unpaired) electrons. The van der Waals surface area contributed by atoms with E-state index in [1.54, 1.807) is 19.1 Å². The van der Waals surface area contributed by atoms with Crippen molar-refractivity contribution >= 4 is 33.3 Å². The Kier molecular flexibility index (Phi) is 10.0. The summed E-state index contributed by atoms with van der Waals surface area (Å²) in [6, 6.07) is 22.2. The van der Waals surface area contributed by atoms with E-state index in [4.69, 9.17) is 0 Å². The molecule has 8 nitrogen and oxygen atoms in total. The van der Waals surface area contributed by atoms with Crippen LogP contribution in [0.3, 0.4) is 0 Å². The fraction of sp³-hybridized carbons (Fsp3) is 0.300. The molecule has 1 atom stereocenters. The van der Waals surface area contributed by atoms with E-state index in [-0.39, 0.29) is 30.3 Å². The molecule has 0 fully saturated rings. The summed E-state index contributed by atoms with van der Waals surface area (Å²) < 4.78 is 26.7. The number of Topliss-reactive ketones (excluding diaryl/α,β-unsaturated/α-hetero) is 1. The molecular weight excluding hydrogens is 514 g/mol. The molecule has 0 saturated heterocycles. The molecule has 0 heterocycles. The van der Waals surface area contributed by atoms with Gasteiger partial charge in [-0.2, -0.15) is 0 Å². The summed E-state index contributed by atoms with van der Waals surface area (Å²) in [5.74, 6) is -1.09. The second-order valence-corrected chi connectivity index (χ2v) is 11.3. The van der Waals surface area contributed by atoms with Crippen molar-refractivity contribution in [1.29, 1.82) is 0 Å². The van der Waals surface area contributed by atoms with Gasteiger partial charge in [-0.1, -0.05) is 66.7 Å². The molecule has 0 unspecified atom stereocenters. The lowest BCUT2D eigenvalue weighted by Gasteiger charge is -2.33. The molecule has 3 aromatic rings. The number of hydrogen-bond donors (Lipinski definition) is 1. The van der Waals surface area contributed by atoms with E-state index in [1.807, 2.05) is 61.5 Å². The van der Waals surface area contributed by atoms with E-state index < -0.39 is 28.5 Å². The van der Waals surface area contributed by atoms with Gasteiger partial charge < -0.3 is 10.2 Å². The monoisotopic (exact) mass is 549 g/mol. The molecule has 0 aliphatic carbocycles. The van der Waals surface area contributed by atoms with E-state index in [2.05, 4.69) is 5.32 Å². The maximum absolute atomic E-state index is 14.0. The van der Waals surface area contributed by atoms with Gasteiger partial charge in [0.25, 0.3) is 0 Å². The molecule has 3 aromatic carbocycles. The van der Waals surface area contributed by atoms with Crippen LogP contribution in [0.15, 0.2) is 78.9 Å². The highest BCUT2D eigenvalue weighted by molar-refractivity contribution is 7.92. The van der Waals surface area contributed by atoms with Crippen molar-refractivity contribution in [3.8, 4) is 0 Å². The standard InChI is InChI=1S/C30H35N3O5S/c1-5-31-30(36)28(18-24-13-7-6-8-14-24)32(20-26-15-10-9-12-22(26)2)29(35)21-33(39(4,37)38)27-17-11-16-25(19-27)23(3)34/h6-17,19,28H,5,18,20-21H2,1-4H3,(H,31,36)/t28-/m1/s1. The van der Waals surface area contributed by atoms with E-state index in [0.29, 0.717) is 12.1 Å². The van der Waals surface area contributed by atoms with Gasteiger partial charge in [-0.05, 0) is 49.6 Å². The summed E-state index contributed by atoms with van der Waals surface area (Å²) >= 11 is 0. The minimum Gasteiger partial charge on any atom is -0.355 e. The molecule has 9 heteroatoms. The summed E-state index contributed by atoms with van der Waals surface area (Å²) in [7, 11) is -3.91. The van der Waals surface area contributed by atoms with Crippen molar-refractivity contribution in [3.05, 3.63) is 101 Å². The lowest BCUT2D eigenvalue weighted by atomic mass is 10.0. The minimum atomic E-state index is -3.91. The zero-order valence-electron chi connectivity index (χ0n) is 22.8. The Bertz CT molecular complexity index is 1420. The number of nitrogens with one attached hydrogen (secondary N) is 1. The van der Waals surface area contributed by atoms with Gasteiger partial charge in [0.2, 0.25) is 21.8 Å². The van der Waals surface area contributed by atoms with Crippen LogP contribution >= 0.6 is 0 Å². The molecule has 0 saturated carbocycles. The average molecular weight is 550 g/mol. The smallest absolute Gasteiger partial charge is 0.244 e. The first-order chi connectivity index (χ1) is 18.5. The topological polar surface area (TPSA) is 104 Å². The zero-order valence-corrected chi connectivity index (χ0v) is 23.6. The Morgan fingerprint density at radius 2 is 1.59 bits per heavy atom. The quantitative estimate of drug-likeness (QED) is 0.347. The highest BCUT2D eigenvalue weighted by Crippen LogP contribution is 2.22. The fourth-order valence-electron chi connectivity index (χ4n) is 4.31. The number of anilines is 1. The van der Waals surface area contributed by atoms with Crippen molar-refractivity contribution < 1.29 is 22.8 Å². The van der Waals surface area contributed by atoms with Gasteiger partial charge >= 0.3 is 0 Å². The van der Waals surface area contributed by atoms with Gasteiger partial charge in [-0.15, -0.1) is 0 Å². The van der Waals surface area contributed by atoms with Crippen molar-refractivity contribution in [2.24, 2.45) is 0 Å². The van der Waals surface area contributed by atoms with Gasteiger partial charge in [0.1, 0.15) is 12.6 Å². The Balaban J connectivity index is 2.07. The van der Waals surface area contributed by atoms with Crippen molar-refractivity contribution in [2.45, 2.75) is 39.8 Å². The fourth-order valence-corrected chi connectivity index (χ4v) is 5.15. The Labute approximate surface area is 230 Å². The number of likely N-dealkylation sites (N-methyl/N-ethyl adjacent to an activating group) is 1. The second kappa shape index (κ2) is 13.2. The van der Waals surface area contributed by atoms with Crippen LogP contribution in [0.2, 0.25) is 0 Å². The third kappa shape index (κ3) is 8.00. The molecule has 1 N–H and O–H groups in total. The molecule has 0 bridgehead atoms. The minimum absolute atomic E-state index is 0.116. The molecule has 0 aliphatic heterocycles. The number of carbonyl (C=O) groups is 3. The summed E-state index contributed by atoms with van der Waals surface area (Å²) in [6.07, 6.45) is 1.26. The van der Waals surface area contributed by atoms with Gasteiger partial charge in [-0.3, -0.25) is 18.7 Å². The Hall–Kier alpha value is -3.98. The van der Waals surface area contributed by atoms with Gasteiger partial charge in [0.15, 0.2) is 5.78 Å². The van der Waals surface area contributed by atoms with Crippen LogP contribution in [-0.2, 0) is 32.6 Å². The molecule has 0 spiro atoms. The van der Waals surface area contributed by atoms with Gasteiger partial charge in [0.05, 0.1) is 11.9 Å². The van der Waals surface area contributed by atoms with Crippen LogP contribution in [0.25, 0.3) is 0 Å². The van der Waals surface area contributed by atoms with E-state index in [0.717, 1.165) is 27.3 Å². The second-order valence-electron chi connectivity index (χ2n) is 9.42.